The Morgan fingerprint density at radius 2 is 1.46 bits per heavy atom. The minimum absolute atomic E-state index is 0.0702. The first-order valence-corrected chi connectivity index (χ1v) is 12.5. The number of ether oxygens (including phenoxy) is 2. The lowest BCUT2D eigenvalue weighted by molar-refractivity contribution is -0.275. The molecule has 41 heavy (non-hydrogen) atoms. The summed E-state index contributed by atoms with van der Waals surface area (Å²) in [6.45, 7) is 0. The Morgan fingerprint density at radius 1 is 0.878 bits per heavy atom. The van der Waals surface area contributed by atoms with Gasteiger partial charge in [0.1, 0.15) is 22.5 Å². The van der Waals surface area contributed by atoms with Gasteiger partial charge < -0.3 is 19.8 Å². The largest absolute Gasteiger partial charge is 0.573 e. The lowest BCUT2D eigenvalue weighted by Gasteiger charge is -2.14. The van der Waals surface area contributed by atoms with Crippen molar-refractivity contribution in [1.82, 2.24) is 14.5 Å². The molecule has 0 radical (unpaired) electrons. The highest BCUT2D eigenvalue weighted by Gasteiger charge is 2.31. The van der Waals surface area contributed by atoms with E-state index in [-0.39, 0.29) is 27.8 Å². The summed E-state index contributed by atoms with van der Waals surface area (Å²) < 4.78 is 83.8. The quantitative estimate of drug-likeness (QED) is 0.129. The molecular formula is C26H16F6N4O4S. The number of carbonyl (C=O) groups excluding carboxylic acids is 1. The zero-order valence-electron chi connectivity index (χ0n) is 20.3. The summed E-state index contributed by atoms with van der Waals surface area (Å²) in [6.07, 6.45) is -9.76. The number of rotatable bonds is 7. The highest BCUT2D eigenvalue weighted by atomic mass is 32.2. The maximum atomic E-state index is 13.6. The molecule has 3 aromatic carbocycles. The number of H-pyrrole nitrogens is 1. The lowest BCUT2D eigenvalue weighted by atomic mass is 10.2. The van der Waals surface area contributed by atoms with Crippen molar-refractivity contribution in [3.05, 3.63) is 83.2 Å². The van der Waals surface area contributed by atoms with Crippen molar-refractivity contribution in [3.63, 3.8) is 0 Å². The molecular weight excluding hydrogens is 578 g/mol. The number of alkyl halides is 6. The van der Waals surface area contributed by atoms with E-state index >= 15 is 0 Å². The second kappa shape index (κ2) is 10.7. The number of aromatic nitrogens is 3. The lowest BCUT2D eigenvalue weighted by Crippen LogP contribution is -2.23. The normalized spacial score (nSPS) is 12.0. The number of hydrogen-bond donors (Lipinski definition) is 2. The summed E-state index contributed by atoms with van der Waals surface area (Å²) in [4.78, 5) is 33.8. The van der Waals surface area contributed by atoms with Gasteiger partial charge in [0.2, 0.25) is 5.91 Å². The van der Waals surface area contributed by atoms with Gasteiger partial charge in [-0.3, -0.25) is 14.2 Å². The Morgan fingerprint density at radius 3 is 2.07 bits per heavy atom. The van der Waals surface area contributed by atoms with E-state index in [0.29, 0.717) is 16.4 Å². The second-order valence-corrected chi connectivity index (χ2v) is 9.32. The highest BCUT2D eigenvalue weighted by Crippen LogP contribution is 2.29. The van der Waals surface area contributed by atoms with Gasteiger partial charge in [0.05, 0.1) is 11.4 Å². The number of benzene rings is 3. The predicted octanol–water partition coefficient (Wildman–Crippen LogP) is 6.40. The molecule has 0 bridgehead atoms. The first-order valence-electron chi connectivity index (χ1n) is 11.5. The van der Waals surface area contributed by atoms with Crippen LogP contribution < -0.4 is 20.3 Å². The van der Waals surface area contributed by atoms with Crippen molar-refractivity contribution in [2.24, 2.45) is 0 Å². The number of hydrogen-bond acceptors (Lipinski definition) is 6. The van der Waals surface area contributed by atoms with E-state index in [0.717, 1.165) is 40.6 Å². The van der Waals surface area contributed by atoms with Crippen LogP contribution >= 0.6 is 11.8 Å². The topological polar surface area (TPSA) is 98.2 Å². The molecule has 2 aromatic heterocycles. The van der Waals surface area contributed by atoms with Crippen molar-refractivity contribution < 1.29 is 40.6 Å². The molecule has 0 saturated carbocycles. The zero-order valence-corrected chi connectivity index (χ0v) is 21.2. The van der Waals surface area contributed by atoms with Crippen molar-refractivity contribution in [3.8, 4) is 17.2 Å². The van der Waals surface area contributed by atoms with Crippen LogP contribution in [0.25, 0.3) is 27.6 Å². The van der Waals surface area contributed by atoms with Crippen molar-refractivity contribution in [2.75, 3.05) is 11.1 Å². The molecule has 0 aliphatic heterocycles. The SMILES string of the molecule is O=C(CSc1nc2c([nH]c3ccccc32)c(=O)n1-c1ccc(OC(F)(F)F)cc1)Nc1ccc(OC(F)(F)F)cc1. The van der Waals surface area contributed by atoms with Crippen LogP contribution in [0.1, 0.15) is 0 Å². The third kappa shape index (κ3) is 6.57. The van der Waals surface area contributed by atoms with Crippen LogP contribution in [0, 0.1) is 0 Å². The molecule has 5 aromatic rings. The second-order valence-electron chi connectivity index (χ2n) is 8.38. The van der Waals surface area contributed by atoms with Crippen LogP contribution in [-0.2, 0) is 4.79 Å². The third-order valence-corrected chi connectivity index (χ3v) is 6.47. The minimum Gasteiger partial charge on any atom is -0.406 e. The maximum absolute atomic E-state index is 13.6. The summed E-state index contributed by atoms with van der Waals surface area (Å²) in [5.74, 6) is -1.78. The average molecular weight is 594 g/mol. The number of nitrogens with zero attached hydrogens (tertiary/aromatic N) is 2. The van der Waals surface area contributed by atoms with Crippen molar-refractivity contribution in [1.29, 1.82) is 0 Å². The van der Waals surface area contributed by atoms with Gasteiger partial charge in [-0.15, -0.1) is 26.3 Å². The van der Waals surface area contributed by atoms with Crippen LogP contribution in [0.15, 0.2) is 82.7 Å². The Balaban J connectivity index is 1.44. The molecule has 0 aliphatic rings. The standard InChI is InChI=1S/C26H16F6N4O4S/c27-25(28,29)39-16-9-5-14(6-10-16)33-20(37)13-41-24-35-21-18-3-1-2-4-19(18)34-22(21)23(38)36(24)15-7-11-17(12-8-15)40-26(30,31)32/h1-12,34H,13H2,(H,33,37). The fraction of sp³-hybridized carbons (Fsp3) is 0.115. The highest BCUT2D eigenvalue weighted by molar-refractivity contribution is 7.99. The van der Waals surface area contributed by atoms with E-state index in [1.807, 2.05) is 0 Å². The van der Waals surface area contributed by atoms with Crippen LogP contribution in [0.3, 0.4) is 0 Å². The molecule has 0 saturated heterocycles. The number of para-hydroxylation sites is 1. The molecule has 0 aliphatic carbocycles. The molecule has 0 spiro atoms. The minimum atomic E-state index is -4.90. The van der Waals surface area contributed by atoms with Crippen molar-refractivity contribution in [2.45, 2.75) is 17.9 Å². The summed E-state index contributed by atoms with van der Waals surface area (Å²) in [5, 5.41) is 3.24. The Labute approximate surface area is 229 Å². The van der Waals surface area contributed by atoms with Gasteiger partial charge in [-0.05, 0) is 54.6 Å². The van der Waals surface area contributed by atoms with Gasteiger partial charge >= 0.3 is 12.7 Å². The Hall–Kier alpha value is -4.66. The van der Waals surface area contributed by atoms with E-state index in [4.69, 9.17) is 0 Å². The number of aromatic amines is 1. The Kier molecular flexibility index (Phi) is 7.29. The molecule has 0 fully saturated rings. The smallest absolute Gasteiger partial charge is 0.406 e. The molecule has 8 nitrogen and oxygen atoms in total. The summed E-state index contributed by atoms with van der Waals surface area (Å²) in [6, 6.07) is 16.1. The number of carbonyl (C=O) groups is 1. The first kappa shape index (κ1) is 27.9. The summed E-state index contributed by atoms with van der Waals surface area (Å²) >= 11 is 0.877. The number of amides is 1. The number of nitrogens with one attached hydrogen (secondary N) is 2. The fourth-order valence-corrected chi connectivity index (χ4v) is 4.74. The maximum Gasteiger partial charge on any atom is 0.573 e. The summed E-state index contributed by atoms with van der Waals surface area (Å²) in [7, 11) is 0. The van der Waals surface area contributed by atoms with Crippen LogP contribution in [-0.4, -0.2) is 38.9 Å². The number of thioether (sulfide) groups is 1. The molecule has 2 heterocycles. The van der Waals surface area contributed by atoms with Crippen molar-refractivity contribution >= 4 is 45.3 Å². The van der Waals surface area contributed by atoms with Gasteiger partial charge in [-0.25, -0.2) is 4.98 Å². The van der Waals surface area contributed by atoms with Crippen LogP contribution in [0.2, 0.25) is 0 Å². The summed E-state index contributed by atoms with van der Waals surface area (Å²) in [5.41, 5.74) is 0.923. The zero-order chi connectivity index (χ0) is 29.4. The molecule has 0 atom stereocenters. The molecule has 0 unspecified atom stereocenters. The van der Waals surface area contributed by atoms with E-state index < -0.39 is 35.7 Å². The van der Waals surface area contributed by atoms with Gasteiger partial charge in [0.25, 0.3) is 5.56 Å². The molecule has 15 heteroatoms. The number of halogens is 6. The average Bonchev–Trinajstić information content (AvgIpc) is 3.27. The van der Waals surface area contributed by atoms with Gasteiger partial charge in [-0.1, -0.05) is 30.0 Å². The van der Waals surface area contributed by atoms with E-state index in [1.165, 1.54) is 24.3 Å². The van der Waals surface area contributed by atoms with E-state index in [9.17, 15) is 35.9 Å². The van der Waals surface area contributed by atoms with Gasteiger partial charge in [-0.2, -0.15) is 0 Å². The molecule has 2 N–H and O–H groups in total. The van der Waals surface area contributed by atoms with Gasteiger partial charge in [0, 0.05) is 16.6 Å². The monoisotopic (exact) mass is 594 g/mol. The fourth-order valence-electron chi connectivity index (χ4n) is 3.93. The molecule has 5 rings (SSSR count). The van der Waals surface area contributed by atoms with Crippen LogP contribution in [0.4, 0.5) is 32.0 Å². The number of fused-ring (bicyclic) bond motifs is 3. The molecule has 1 amide bonds. The third-order valence-electron chi connectivity index (χ3n) is 5.53. The van der Waals surface area contributed by atoms with E-state index in [2.05, 4.69) is 24.8 Å². The Bertz CT molecular complexity index is 1780. The first-order chi connectivity index (χ1) is 19.4. The van der Waals surface area contributed by atoms with Gasteiger partial charge in [0.15, 0.2) is 5.16 Å². The van der Waals surface area contributed by atoms with E-state index in [1.54, 1.807) is 24.3 Å². The number of anilines is 1. The molecule has 212 valence electrons. The predicted molar refractivity (Wildman–Crippen MR) is 138 cm³/mol. The van der Waals surface area contributed by atoms with Crippen LogP contribution in [0.5, 0.6) is 11.5 Å².